The maximum absolute atomic E-state index is 14.0. The minimum atomic E-state index is -1.38. The molecule has 9 heteroatoms. The standard InChI is InChI=1S/C26H24BrF2N3O2S/c1-26(29)13-32(14-26)21(33)12-31-15-30-24-23(25(31)34)22(17-8-9-19(28)18(27)11-17)20(35-24)10-7-16-5-3-2-4-6-16/h8-9,11,15-16H,2-6,12-14H2,1H3. The lowest BCUT2D eigenvalue weighted by Gasteiger charge is -2.42. The fourth-order valence-electron chi connectivity index (χ4n) is 4.74. The van der Waals surface area contributed by atoms with E-state index < -0.39 is 11.5 Å². The highest BCUT2D eigenvalue weighted by Crippen LogP contribution is 2.37. The van der Waals surface area contributed by atoms with E-state index in [4.69, 9.17) is 0 Å². The van der Waals surface area contributed by atoms with Gasteiger partial charge in [0.2, 0.25) is 5.91 Å². The summed E-state index contributed by atoms with van der Waals surface area (Å²) in [7, 11) is 0. The molecule has 1 aliphatic heterocycles. The van der Waals surface area contributed by atoms with Crippen LogP contribution in [0.5, 0.6) is 0 Å². The number of hydrogen-bond donors (Lipinski definition) is 0. The molecule has 5 nitrogen and oxygen atoms in total. The lowest BCUT2D eigenvalue weighted by Crippen LogP contribution is -2.60. The molecule has 0 N–H and O–H groups in total. The van der Waals surface area contributed by atoms with Gasteiger partial charge in [0.05, 0.1) is 34.2 Å². The van der Waals surface area contributed by atoms with E-state index in [1.54, 1.807) is 12.1 Å². The van der Waals surface area contributed by atoms with E-state index in [-0.39, 0.29) is 35.6 Å². The van der Waals surface area contributed by atoms with Gasteiger partial charge in [0.1, 0.15) is 22.9 Å². The van der Waals surface area contributed by atoms with E-state index in [0.29, 0.717) is 32.1 Å². The minimum Gasteiger partial charge on any atom is -0.335 e. The van der Waals surface area contributed by atoms with Gasteiger partial charge in [-0.15, -0.1) is 11.3 Å². The highest BCUT2D eigenvalue weighted by Gasteiger charge is 2.41. The van der Waals surface area contributed by atoms with Crippen molar-refractivity contribution in [1.29, 1.82) is 0 Å². The largest absolute Gasteiger partial charge is 0.335 e. The number of hydrogen-bond acceptors (Lipinski definition) is 4. The SMILES string of the molecule is CC1(F)CN(C(=O)Cn2cnc3sc(C#CC4CCCCC4)c(-c4ccc(F)c(Br)c4)c3c2=O)C1. The van der Waals surface area contributed by atoms with Crippen LogP contribution in [-0.4, -0.2) is 39.1 Å². The fraction of sp³-hybridized carbons (Fsp3) is 0.423. The zero-order valence-corrected chi connectivity index (χ0v) is 21.6. The zero-order chi connectivity index (χ0) is 24.7. The van der Waals surface area contributed by atoms with Gasteiger partial charge in [0.25, 0.3) is 5.56 Å². The third-order valence-electron chi connectivity index (χ3n) is 6.58. The number of halogens is 3. The van der Waals surface area contributed by atoms with Gasteiger partial charge >= 0.3 is 0 Å². The number of amides is 1. The summed E-state index contributed by atoms with van der Waals surface area (Å²) in [5.41, 5.74) is -0.500. The van der Waals surface area contributed by atoms with Crippen LogP contribution in [0, 0.1) is 23.6 Å². The molecule has 1 saturated carbocycles. The Morgan fingerprint density at radius 3 is 2.71 bits per heavy atom. The van der Waals surface area contributed by atoms with Gasteiger partial charge in [-0.1, -0.05) is 37.2 Å². The molecule has 3 heterocycles. The smallest absolute Gasteiger partial charge is 0.263 e. The Labute approximate surface area is 214 Å². The number of thiophene rings is 1. The van der Waals surface area contributed by atoms with E-state index in [1.807, 2.05) is 0 Å². The molecule has 0 unspecified atom stereocenters. The van der Waals surface area contributed by atoms with E-state index in [9.17, 15) is 18.4 Å². The Balaban J connectivity index is 1.58. The van der Waals surface area contributed by atoms with Crippen molar-refractivity contribution in [2.24, 2.45) is 5.92 Å². The number of carbonyl (C=O) groups is 1. The minimum absolute atomic E-state index is 0.0183. The molecule has 0 spiro atoms. The van der Waals surface area contributed by atoms with Crippen molar-refractivity contribution in [1.82, 2.24) is 14.5 Å². The van der Waals surface area contributed by atoms with Gasteiger partial charge < -0.3 is 4.90 Å². The first-order valence-corrected chi connectivity index (χ1v) is 13.3. The molecule has 2 aliphatic rings. The number of fused-ring (bicyclic) bond motifs is 1. The van der Waals surface area contributed by atoms with Gasteiger partial charge in [-0.2, -0.15) is 0 Å². The van der Waals surface area contributed by atoms with Crippen LogP contribution in [-0.2, 0) is 11.3 Å². The van der Waals surface area contributed by atoms with Crippen LogP contribution in [0.4, 0.5) is 8.78 Å². The maximum atomic E-state index is 14.0. The molecule has 0 atom stereocenters. The van der Waals surface area contributed by atoms with Crippen LogP contribution in [0.25, 0.3) is 21.3 Å². The van der Waals surface area contributed by atoms with Gasteiger partial charge in [-0.3, -0.25) is 14.2 Å². The van der Waals surface area contributed by atoms with Crippen molar-refractivity contribution in [2.45, 2.75) is 51.2 Å². The van der Waals surface area contributed by atoms with Crippen LogP contribution in [0.3, 0.4) is 0 Å². The molecule has 5 rings (SSSR count). The van der Waals surface area contributed by atoms with Crippen LogP contribution < -0.4 is 5.56 Å². The topological polar surface area (TPSA) is 55.2 Å². The summed E-state index contributed by atoms with van der Waals surface area (Å²) in [4.78, 5) is 33.2. The second kappa shape index (κ2) is 9.47. The van der Waals surface area contributed by atoms with E-state index in [1.165, 1.54) is 59.4 Å². The third kappa shape index (κ3) is 4.91. The predicted octanol–water partition coefficient (Wildman–Crippen LogP) is 5.53. The Hall–Kier alpha value is -2.57. The number of nitrogens with zero attached hydrogens (tertiary/aromatic N) is 3. The van der Waals surface area contributed by atoms with Gasteiger partial charge in [0, 0.05) is 11.5 Å². The molecule has 0 radical (unpaired) electrons. The van der Waals surface area contributed by atoms with Crippen molar-refractivity contribution in [3.05, 3.63) is 50.0 Å². The van der Waals surface area contributed by atoms with E-state index in [0.717, 1.165) is 12.8 Å². The second-order valence-electron chi connectivity index (χ2n) is 9.56. The molecule has 2 fully saturated rings. The molecule has 2 aromatic heterocycles. The van der Waals surface area contributed by atoms with Crippen molar-refractivity contribution < 1.29 is 13.6 Å². The number of likely N-dealkylation sites (tertiary alicyclic amines) is 1. The van der Waals surface area contributed by atoms with Crippen LogP contribution >= 0.6 is 27.3 Å². The molecule has 1 aliphatic carbocycles. The number of alkyl halides is 1. The number of aromatic nitrogens is 2. The molecular weight excluding hydrogens is 536 g/mol. The normalized spacial score (nSPS) is 17.7. The number of benzene rings is 1. The van der Waals surface area contributed by atoms with Crippen molar-refractivity contribution in [3.8, 4) is 23.0 Å². The summed E-state index contributed by atoms with van der Waals surface area (Å²) >= 11 is 4.57. The lowest BCUT2D eigenvalue weighted by atomic mass is 9.90. The van der Waals surface area contributed by atoms with Gasteiger partial charge in [-0.25, -0.2) is 13.8 Å². The Morgan fingerprint density at radius 2 is 2.03 bits per heavy atom. The molecule has 1 amide bonds. The first-order valence-electron chi connectivity index (χ1n) is 11.7. The highest BCUT2D eigenvalue weighted by molar-refractivity contribution is 9.10. The van der Waals surface area contributed by atoms with E-state index in [2.05, 4.69) is 32.8 Å². The van der Waals surface area contributed by atoms with Crippen molar-refractivity contribution in [2.75, 3.05) is 13.1 Å². The van der Waals surface area contributed by atoms with E-state index >= 15 is 0 Å². The van der Waals surface area contributed by atoms with Crippen molar-refractivity contribution in [3.63, 3.8) is 0 Å². The zero-order valence-electron chi connectivity index (χ0n) is 19.2. The second-order valence-corrected chi connectivity index (χ2v) is 11.4. The fourth-order valence-corrected chi connectivity index (χ4v) is 6.14. The summed E-state index contributed by atoms with van der Waals surface area (Å²) in [5.74, 6) is 6.26. The van der Waals surface area contributed by atoms with Gasteiger partial charge in [0.15, 0.2) is 0 Å². The number of rotatable bonds is 3. The summed E-state index contributed by atoms with van der Waals surface area (Å²) < 4.78 is 29.4. The van der Waals surface area contributed by atoms with Gasteiger partial charge in [-0.05, 0) is 53.4 Å². The highest BCUT2D eigenvalue weighted by atomic mass is 79.9. The summed E-state index contributed by atoms with van der Waals surface area (Å²) in [6.45, 7) is 1.27. The molecule has 1 aromatic carbocycles. The molecule has 3 aromatic rings. The lowest BCUT2D eigenvalue weighted by molar-refractivity contribution is -0.144. The average Bonchev–Trinajstić information content (AvgIpc) is 3.19. The van der Waals surface area contributed by atoms with Crippen LogP contribution in [0.1, 0.15) is 43.9 Å². The Kier molecular flexibility index (Phi) is 6.53. The summed E-state index contributed by atoms with van der Waals surface area (Å²) in [6, 6.07) is 4.60. The first kappa shape index (κ1) is 24.1. The van der Waals surface area contributed by atoms with Crippen LogP contribution in [0.15, 0.2) is 33.8 Å². The predicted molar refractivity (Wildman–Crippen MR) is 137 cm³/mol. The molecule has 0 bridgehead atoms. The third-order valence-corrected chi connectivity index (χ3v) is 8.20. The van der Waals surface area contributed by atoms with Crippen LogP contribution in [0.2, 0.25) is 0 Å². The quantitative estimate of drug-likeness (QED) is 0.396. The number of carbonyl (C=O) groups excluding carboxylic acids is 1. The monoisotopic (exact) mass is 559 g/mol. The summed E-state index contributed by atoms with van der Waals surface area (Å²) in [5, 5.41) is 0.357. The molecular formula is C26H24BrF2N3O2S. The summed E-state index contributed by atoms with van der Waals surface area (Å²) in [6.07, 6.45) is 7.06. The molecule has 1 saturated heterocycles. The van der Waals surface area contributed by atoms with Crippen molar-refractivity contribution >= 4 is 43.4 Å². The molecule has 182 valence electrons. The average molecular weight is 560 g/mol. The Morgan fingerprint density at radius 1 is 1.29 bits per heavy atom. The Bertz CT molecular complexity index is 1420. The molecule has 35 heavy (non-hydrogen) atoms. The maximum Gasteiger partial charge on any atom is 0.263 e. The first-order chi connectivity index (χ1) is 16.7.